The molecule has 2 fully saturated rings. The topological polar surface area (TPSA) is 79.5 Å². The van der Waals surface area contributed by atoms with Crippen LogP contribution in [0.15, 0.2) is 28.8 Å². The lowest BCUT2D eigenvalue weighted by atomic mass is 9.85. The molecule has 1 aromatic carbocycles. The summed E-state index contributed by atoms with van der Waals surface area (Å²) < 4.78 is 5.45. The van der Waals surface area contributed by atoms with Gasteiger partial charge in [-0.15, -0.1) is 0 Å². The summed E-state index contributed by atoms with van der Waals surface area (Å²) in [6, 6.07) is 8.02. The molecule has 2 aromatic rings. The molecule has 6 nitrogen and oxygen atoms in total. The maximum absolute atomic E-state index is 11.7. The number of carboxylic acids is 1. The van der Waals surface area contributed by atoms with Gasteiger partial charge in [0, 0.05) is 11.6 Å². The molecular formula is C20H25N3O3. The van der Waals surface area contributed by atoms with Crippen LogP contribution in [0, 0.1) is 5.92 Å². The van der Waals surface area contributed by atoms with Gasteiger partial charge in [-0.1, -0.05) is 49.2 Å². The Bertz CT molecular complexity index is 771. The van der Waals surface area contributed by atoms with E-state index in [0.29, 0.717) is 30.2 Å². The van der Waals surface area contributed by atoms with Crippen LogP contribution in [-0.4, -0.2) is 38.2 Å². The second kappa shape index (κ2) is 7.19. The molecule has 1 aromatic heterocycles. The second-order valence-corrected chi connectivity index (χ2v) is 7.44. The zero-order valence-electron chi connectivity index (χ0n) is 15.1. The van der Waals surface area contributed by atoms with E-state index >= 15 is 0 Å². The van der Waals surface area contributed by atoms with E-state index in [4.69, 9.17) is 4.52 Å². The summed E-state index contributed by atoms with van der Waals surface area (Å²) in [4.78, 5) is 18.3. The highest BCUT2D eigenvalue weighted by Gasteiger charge is 2.45. The molecule has 2 aliphatic rings. The molecule has 1 N–H and O–H groups in total. The highest BCUT2D eigenvalue weighted by atomic mass is 16.5. The number of benzene rings is 1. The van der Waals surface area contributed by atoms with Crippen molar-refractivity contribution in [2.24, 2.45) is 5.92 Å². The molecule has 4 rings (SSSR count). The predicted octanol–water partition coefficient (Wildman–Crippen LogP) is 3.52. The van der Waals surface area contributed by atoms with E-state index in [0.717, 1.165) is 31.2 Å². The molecule has 6 heteroatoms. The van der Waals surface area contributed by atoms with E-state index in [-0.39, 0.29) is 0 Å². The molecular weight excluding hydrogens is 330 g/mol. The molecule has 3 unspecified atom stereocenters. The van der Waals surface area contributed by atoms with Crippen LogP contribution in [0.1, 0.15) is 50.5 Å². The smallest absolute Gasteiger partial charge is 0.320 e. The fraction of sp³-hybridized carbons (Fsp3) is 0.550. The van der Waals surface area contributed by atoms with E-state index in [1.54, 1.807) is 0 Å². The molecule has 0 bridgehead atoms. The van der Waals surface area contributed by atoms with Crippen LogP contribution in [0.4, 0.5) is 0 Å². The van der Waals surface area contributed by atoms with Crippen molar-refractivity contribution < 1.29 is 14.4 Å². The quantitative estimate of drug-likeness (QED) is 0.884. The summed E-state index contributed by atoms with van der Waals surface area (Å²) in [5.41, 5.74) is 2.19. The van der Waals surface area contributed by atoms with Crippen LogP contribution in [0.3, 0.4) is 0 Å². The maximum atomic E-state index is 11.7. The first kappa shape index (κ1) is 17.2. The number of carboxylic acid groups (broad SMARTS) is 1. The van der Waals surface area contributed by atoms with Crippen molar-refractivity contribution in [3.63, 3.8) is 0 Å². The molecule has 2 heterocycles. The predicted molar refractivity (Wildman–Crippen MR) is 96.4 cm³/mol. The minimum Gasteiger partial charge on any atom is -0.480 e. The number of fused-ring (bicyclic) bond motifs is 1. The summed E-state index contributed by atoms with van der Waals surface area (Å²) in [7, 11) is 0. The number of carbonyl (C=O) groups is 1. The number of hydrogen-bond donors (Lipinski definition) is 1. The highest BCUT2D eigenvalue weighted by molar-refractivity contribution is 5.74. The van der Waals surface area contributed by atoms with Crippen molar-refractivity contribution >= 4 is 5.97 Å². The first-order chi connectivity index (χ1) is 12.7. The van der Waals surface area contributed by atoms with Gasteiger partial charge in [-0.3, -0.25) is 9.69 Å². The third-order valence-electron chi connectivity index (χ3n) is 5.91. The number of rotatable bonds is 5. The fourth-order valence-electron chi connectivity index (χ4n) is 4.51. The first-order valence-electron chi connectivity index (χ1n) is 9.56. The number of hydrogen-bond acceptors (Lipinski definition) is 5. The largest absolute Gasteiger partial charge is 0.480 e. The number of aryl methyl sites for hydroxylation is 1. The van der Waals surface area contributed by atoms with E-state index in [1.807, 2.05) is 12.1 Å². The van der Waals surface area contributed by atoms with E-state index in [9.17, 15) is 9.90 Å². The molecule has 3 atom stereocenters. The zero-order chi connectivity index (χ0) is 18.1. The maximum Gasteiger partial charge on any atom is 0.320 e. The summed E-state index contributed by atoms with van der Waals surface area (Å²) in [5, 5.41) is 13.7. The summed E-state index contributed by atoms with van der Waals surface area (Å²) >= 11 is 0. The van der Waals surface area contributed by atoms with Gasteiger partial charge in [-0.25, -0.2) is 0 Å². The number of aliphatic carboxylic acids is 1. The van der Waals surface area contributed by atoms with E-state index < -0.39 is 12.0 Å². The molecule has 1 saturated carbocycles. The number of nitrogens with zero attached hydrogens (tertiary/aromatic N) is 3. The SMILES string of the molecule is CCc1ccc(-c2noc(CN3C(C(=O)O)CC4CCCCC43)n2)cc1. The Hall–Kier alpha value is -2.21. The molecule has 1 aliphatic heterocycles. The van der Waals surface area contributed by atoms with Crippen molar-refractivity contribution in [3.8, 4) is 11.4 Å². The Morgan fingerprint density at radius 3 is 2.77 bits per heavy atom. The minimum atomic E-state index is -0.741. The van der Waals surface area contributed by atoms with Crippen LogP contribution >= 0.6 is 0 Å². The lowest BCUT2D eigenvalue weighted by Gasteiger charge is -2.31. The van der Waals surface area contributed by atoms with Crippen LogP contribution in [0.5, 0.6) is 0 Å². The van der Waals surface area contributed by atoms with Gasteiger partial charge in [0.1, 0.15) is 6.04 Å². The average Bonchev–Trinajstić information content (AvgIpc) is 3.27. The average molecular weight is 355 g/mol. The van der Waals surface area contributed by atoms with Crippen LogP contribution in [0.2, 0.25) is 0 Å². The van der Waals surface area contributed by atoms with Crippen molar-refractivity contribution in [1.29, 1.82) is 0 Å². The van der Waals surface area contributed by atoms with Gasteiger partial charge < -0.3 is 9.63 Å². The van der Waals surface area contributed by atoms with Crippen molar-refractivity contribution in [3.05, 3.63) is 35.7 Å². The molecule has 0 amide bonds. The Balaban J connectivity index is 1.52. The number of likely N-dealkylation sites (tertiary alicyclic amines) is 1. The monoisotopic (exact) mass is 355 g/mol. The third-order valence-corrected chi connectivity index (χ3v) is 5.91. The molecule has 138 valence electrons. The molecule has 0 spiro atoms. The van der Waals surface area contributed by atoms with Crippen molar-refractivity contribution in [1.82, 2.24) is 15.0 Å². The highest BCUT2D eigenvalue weighted by Crippen LogP contribution is 2.40. The van der Waals surface area contributed by atoms with Gasteiger partial charge in [-0.2, -0.15) is 4.98 Å². The Labute approximate surface area is 153 Å². The lowest BCUT2D eigenvalue weighted by Crippen LogP contribution is -2.41. The Morgan fingerprint density at radius 1 is 1.27 bits per heavy atom. The minimum absolute atomic E-state index is 0.323. The molecule has 1 saturated heterocycles. The Morgan fingerprint density at radius 2 is 2.04 bits per heavy atom. The summed E-state index contributed by atoms with van der Waals surface area (Å²) in [6.07, 6.45) is 6.30. The standard InChI is InChI=1S/C20H25N3O3/c1-2-13-7-9-14(10-8-13)19-21-18(26-22-19)12-23-16-6-4-3-5-15(16)11-17(23)20(24)25/h7-10,15-17H,2-6,11-12H2,1H3,(H,24,25). The molecule has 0 radical (unpaired) electrons. The Kier molecular flexibility index (Phi) is 4.76. The summed E-state index contributed by atoms with van der Waals surface area (Å²) in [6.45, 7) is 2.53. The van der Waals surface area contributed by atoms with Crippen LogP contribution in [-0.2, 0) is 17.8 Å². The molecule has 1 aliphatic carbocycles. The third kappa shape index (κ3) is 3.26. The second-order valence-electron chi connectivity index (χ2n) is 7.44. The van der Waals surface area contributed by atoms with E-state index in [2.05, 4.69) is 34.1 Å². The van der Waals surface area contributed by atoms with Crippen LogP contribution in [0.25, 0.3) is 11.4 Å². The van der Waals surface area contributed by atoms with E-state index in [1.165, 1.54) is 18.4 Å². The van der Waals surface area contributed by atoms with Crippen LogP contribution < -0.4 is 0 Å². The lowest BCUT2D eigenvalue weighted by molar-refractivity contribution is -0.143. The van der Waals surface area contributed by atoms with Gasteiger partial charge in [0.05, 0.1) is 6.54 Å². The normalized spacial score (nSPS) is 26.0. The van der Waals surface area contributed by atoms with Gasteiger partial charge in [0.2, 0.25) is 11.7 Å². The first-order valence-corrected chi connectivity index (χ1v) is 9.56. The molecule has 26 heavy (non-hydrogen) atoms. The fourth-order valence-corrected chi connectivity index (χ4v) is 4.51. The number of aromatic nitrogens is 2. The van der Waals surface area contributed by atoms with Gasteiger partial charge in [-0.05, 0) is 37.2 Å². The van der Waals surface area contributed by atoms with Gasteiger partial charge in [0.25, 0.3) is 0 Å². The summed E-state index contributed by atoms with van der Waals surface area (Å²) in [5.74, 6) is 0.800. The zero-order valence-corrected chi connectivity index (χ0v) is 15.1. The van der Waals surface area contributed by atoms with Gasteiger partial charge >= 0.3 is 5.97 Å². The van der Waals surface area contributed by atoms with Crippen molar-refractivity contribution in [2.75, 3.05) is 0 Å². The van der Waals surface area contributed by atoms with Gasteiger partial charge in [0.15, 0.2) is 0 Å². The van der Waals surface area contributed by atoms with Crippen molar-refractivity contribution in [2.45, 2.75) is 64.1 Å².